The van der Waals surface area contributed by atoms with E-state index in [1.54, 1.807) is 0 Å². The smallest absolute Gasteiger partial charge is 0.309 e. The molecule has 8 heteroatoms. The highest BCUT2D eigenvalue weighted by atomic mass is 32.2. The number of sulfonamides is 1. The zero-order valence-electron chi connectivity index (χ0n) is 11.0. The largest absolute Gasteiger partial charge is 0.469 e. The Morgan fingerprint density at radius 1 is 1.50 bits per heavy atom. The summed E-state index contributed by atoms with van der Waals surface area (Å²) >= 11 is 0. The van der Waals surface area contributed by atoms with E-state index in [-0.39, 0.29) is 11.4 Å². The molecule has 1 aromatic rings. The van der Waals surface area contributed by atoms with Gasteiger partial charge in [0.15, 0.2) is 0 Å². The van der Waals surface area contributed by atoms with Crippen LogP contribution in [0.15, 0.2) is 23.4 Å². The second-order valence-electron chi connectivity index (χ2n) is 4.56. The third-order valence-corrected chi connectivity index (χ3v) is 5.07. The molecule has 0 aromatic carbocycles. The van der Waals surface area contributed by atoms with Gasteiger partial charge in [0.25, 0.3) is 0 Å². The van der Waals surface area contributed by atoms with Crippen LogP contribution in [0.5, 0.6) is 0 Å². The molecule has 1 atom stereocenters. The quantitative estimate of drug-likeness (QED) is 0.772. The lowest BCUT2D eigenvalue weighted by Crippen LogP contribution is -2.42. The summed E-state index contributed by atoms with van der Waals surface area (Å²) in [6.07, 6.45) is 3.18. The summed E-state index contributed by atoms with van der Waals surface area (Å²) in [5, 5.41) is 0. The highest BCUT2D eigenvalue weighted by molar-refractivity contribution is 7.89. The normalized spacial score (nSPS) is 20.6. The van der Waals surface area contributed by atoms with Gasteiger partial charge in [-0.1, -0.05) is 0 Å². The monoisotopic (exact) mass is 302 g/mol. The predicted molar refractivity (Wildman–Crippen MR) is 67.7 cm³/mol. The van der Waals surface area contributed by atoms with Crippen LogP contribution in [-0.4, -0.2) is 43.9 Å². The maximum atomic E-state index is 13.1. The van der Waals surface area contributed by atoms with Gasteiger partial charge in [-0.25, -0.2) is 12.8 Å². The number of methoxy groups -OCH3 is 1. The minimum absolute atomic E-state index is 0.0471. The zero-order chi connectivity index (χ0) is 14.8. The number of esters is 1. The molecule has 1 saturated heterocycles. The van der Waals surface area contributed by atoms with Crippen molar-refractivity contribution in [1.82, 2.24) is 9.29 Å². The molecule has 0 spiro atoms. The first-order valence-corrected chi connectivity index (χ1v) is 7.57. The first kappa shape index (κ1) is 14.9. The number of aromatic nitrogens is 1. The van der Waals surface area contributed by atoms with Crippen LogP contribution in [0.4, 0.5) is 4.39 Å². The van der Waals surface area contributed by atoms with E-state index in [0.29, 0.717) is 19.4 Å². The van der Waals surface area contributed by atoms with Gasteiger partial charge in [0, 0.05) is 19.3 Å². The molecular weight excluding hydrogens is 287 g/mol. The van der Waals surface area contributed by atoms with Crippen molar-refractivity contribution in [3.05, 3.63) is 24.3 Å². The molecule has 6 nitrogen and oxygen atoms in total. The second-order valence-corrected chi connectivity index (χ2v) is 6.50. The lowest BCUT2D eigenvalue weighted by Gasteiger charge is -2.30. The predicted octanol–water partition coefficient (Wildman–Crippen LogP) is 0.794. The van der Waals surface area contributed by atoms with Gasteiger partial charge < -0.3 is 4.74 Å². The fourth-order valence-corrected chi connectivity index (χ4v) is 3.70. The zero-order valence-corrected chi connectivity index (χ0v) is 11.8. The molecule has 0 unspecified atom stereocenters. The number of ether oxygens (including phenoxy) is 1. The number of piperidine rings is 1. The van der Waals surface area contributed by atoms with E-state index in [9.17, 15) is 17.6 Å². The van der Waals surface area contributed by atoms with Crippen molar-refractivity contribution in [2.24, 2.45) is 5.92 Å². The Bertz CT molecular complexity index is 605. The summed E-state index contributed by atoms with van der Waals surface area (Å²) in [5.41, 5.74) is 0. The minimum atomic E-state index is -3.84. The van der Waals surface area contributed by atoms with Crippen molar-refractivity contribution < 1.29 is 22.3 Å². The number of hydrogen-bond acceptors (Lipinski definition) is 5. The van der Waals surface area contributed by atoms with Gasteiger partial charge in [0.2, 0.25) is 10.0 Å². The fraction of sp³-hybridized carbons (Fsp3) is 0.500. The van der Waals surface area contributed by atoms with E-state index in [1.165, 1.54) is 11.4 Å². The van der Waals surface area contributed by atoms with Gasteiger partial charge in [0.1, 0.15) is 10.7 Å². The van der Waals surface area contributed by atoms with Gasteiger partial charge in [-0.3, -0.25) is 9.78 Å². The second kappa shape index (κ2) is 5.84. The topological polar surface area (TPSA) is 76.6 Å². The Morgan fingerprint density at radius 2 is 2.25 bits per heavy atom. The summed E-state index contributed by atoms with van der Waals surface area (Å²) in [6.45, 7) is 0.345. The lowest BCUT2D eigenvalue weighted by atomic mass is 10.0. The number of carbonyl (C=O) groups is 1. The molecule has 1 aromatic heterocycles. The summed E-state index contributed by atoms with van der Waals surface area (Å²) in [5.74, 6) is -1.63. The molecule has 20 heavy (non-hydrogen) atoms. The first-order valence-electron chi connectivity index (χ1n) is 6.13. The van der Waals surface area contributed by atoms with E-state index in [1.807, 2.05) is 0 Å². The number of carbonyl (C=O) groups excluding carboxylic acids is 1. The van der Waals surface area contributed by atoms with Crippen LogP contribution >= 0.6 is 0 Å². The van der Waals surface area contributed by atoms with Crippen LogP contribution in [-0.2, 0) is 19.6 Å². The van der Waals surface area contributed by atoms with E-state index in [4.69, 9.17) is 0 Å². The average Bonchev–Trinajstić information content (AvgIpc) is 2.46. The van der Waals surface area contributed by atoms with Crippen molar-refractivity contribution >= 4 is 16.0 Å². The Balaban J connectivity index is 2.23. The molecule has 1 aliphatic rings. The molecular formula is C12H15FN2O4S. The molecule has 1 aliphatic heterocycles. The summed E-state index contributed by atoms with van der Waals surface area (Å²) < 4.78 is 43.6. The van der Waals surface area contributed by atoms with Gasteiger partial charge in [-0.05, 0) is 18.9 Å². The molecule has 110 valence electrons. The Hall–Kier alpha value is -1.54. The molecule has 0 amide bonds. The van der Waals surface area contributed by atoms with Gasteiger partial charge in [-0.2, -0.15) is 4.31 Å². The van der Waals surface area contributed by atoms with Crippen molar-refractivity contribution in [2.75, 3.05) is 20.2 Å². The van der Waals surface area contributed by atoms with Crippen LogP contribution in [0.25, 0.3) is 0 Å². The molecule has 0 radical (unpaired) electrons. The number of hydrogen-bond donors (Lipinski definition) is 0. The van der Waals surface area contributed by atoms with E-state index in [2.05, 4.69) is 9.72 Å². The van der Waals surface area contributed by atoms with Crippen LogP contribution in [0.2, 0.25) is 0 Å². The standard InChI is InChI=1S/C12H15FN2O4S/c1-19-12(16)9-3-2-4-15(8-9)20(17,18)11-5-10(13)6-14-7-11/h5-7,9H,2-4,8H2,1H3/t9-/m0/s1. The van der Waals surface area contributed by atoms with Crippen molar-refractivity contribution in [2.45, 2.75) is 17.7 Å². The van der Waals surface area contributed by atoms with Crippen LogP contribution in [0.3, 0.4) is 0 Å². The molecule has 2 rings (SSSR count). The van der Waals surface area contributed by atoms with Crippen LogP contribution < -0.4 is 0 Å². The number of rotatable bonds is 3. The van der Waals surface area contributed by atoms with Crippen molar-refractivity contribution in [1.29, 1.82) is 0 Å². The molecule has 0 bridgehead atoms. The Labute approximate surface area is 116 Å². The number of halogens is 1. The van der Waals surface area contributed by atoms with E-state index < -0.39 is 27.7 Å². The molecule has 0 aliphatic carbocycles. The third-order valence-electron chi connectivity index (χ3n) is 3.24. The maximum Gasteiger partial charge on any atom is 0.309 e. The molecule has 0 N–H and O–H groups in total. The summed E-state index contributed by atoms with van der Waals surface area (Å²) in [6, 6.07) is 0.921. The third kappa shape index (κ3) is 2.96. The highest BCUT2D eigenvalue weighted by Gasteiger charge is 2.34. The summed E-state index contributed by atoms with van der Waals surface area (Å²) in [7, 11) is -2.57. The Kier molecular flexibility index (Phi) is 4.34. The highest BCUT2D eigenvalue weighted by Crippen LogP contribution is 2.24. The minimum Gasteiger partial charge on any atom is -0.469 e. The van der Waals surface area contributed by atoms with Gasteiger partial charge >= 0.3 is 5.97 Å². The number of nitrogens with zero attached hydrogens (tertiary/aromatic N) is 2. The van der Waals surface area contributed by atoms with Gasteiger partial charge in [0.05, 0.1) is 19.2 Å². The molecule has 1 fully saturated rings. The SMILES string of the molecule is COC(=O)[C@H]1CCCN(S(=O)(=O)c2cncc(F)c2)C1. The van der Waals surface area contributed by atoms with Crippen LogP contribution in [0.1, 0.15) is 12.8 Å². The van der Waals surface area contributed by atoms with E-state index >= 15 is 0 Å². The fourth-order valence-electron chi connectivity index (χ4n) is 2.20. The van der Waals surface area contributed by atoms with E-state index in [0.717, 1.165) is 18.5 Å². The van der Waals surface area contributed by atoms with Crippen molar-refractivity contribution in [3.63, 3.8) is 0 Å². The maximum absolute atomic E-state index is 13.1. The van der Waals surface area contributed by atoms with Crippen molar-refractivity contribution in [3.8, 4) is 0 Å². The Morgan fingerprint density at radius 3 is 2.90 bits per heavy atom. The first-order chi connectivity index (χ1) is 9.45. The van der Waals surface area contributed by atoms with Crippen LogP contribution in [0, 0.1) is 11.7 Å². The summed E-state index contributed by atoms with van der Waals surface area (Å²) in [4.78, 5) is 14.9. The van der Waals surface area contributed by atoms with Gasteiger partial charge in [-0.15, -0.1) is 0 Å². The number of pyridine rings is 1. The average molecular weight is 302 g/mol. The lowest BCUT2D eigenvalue weighted by molar-refractivity contribution is -0.146. The molecule has 2 heterocycles. The molecule has 0 saturated carbocycles.